The van der Waals surface area contributed by atoms with Gasteiger partial charge in [-0.15, -0.1) is 12.4 Å². The Balaban J connectivity index is 0. The zero-order valence-electron chi connectivity index (χ0n) is 6.09. The molecular weight excluding hydrogens is 156 g/mol. The minimum atomic E-state index is -0.542. The van der Waals surface area contributed by atoms with Gasteiger partial charge in [-0.3, -0.25) is 4.79 Å². The number of rotatable bonds is 3. The average molecular weight is 169 g/mol. The lowest BCUT2D eigenvalue weighted by atomic mass is 10.3. The number of likely N-dealkylation sites (N-methyl/N-ethyl adjacent to an activating group) is 1. The molecule has 0 heterocycles. The summed E-state index contributed by atoms with van der Waals surface area (Å²) < 4.78 is 4.36. The van der Waals surface area contributed by atoms with E-state index in [-0.39, 0.29) is 18.4 Å². The molecule has 0 bridgehead atoms. The van der Waals surface area contributed by atoms with E-state index in [2.05, 4.69) is 10.1 Å². The number of halogens is 1. The Morgan fingerprint density at radius 2 is 2.30 bits per heavy atom. The van der Waals surface area contributed by atoms with Crippen molar-refractivity contribution in [2.75, 3.05) is 20.7 Å². The summed E-state index contributed by atoms with van der Waals surface area (Å²) in [4.78, 5) is 10.5. The van der Waals surface area contributed by atoms with Crippen LogP contribution in [0.5, 0.6) is 0 Å². The highest BCUT2D eigenvalue weighted by atomic mass is 35.5. The molecule has 0 fully saturated rings. The van der Waals surface area contributed by atoms with Crippen LogP contribution in [0.2, 0.25) is 0 Å². The van der Waals surface area contributed by atoms with Crippen LogP contribution in [-0.2, 0) is 9.53 Å². The number of hydrogen-bond donors (Lipinski definition) is 2. The summed E-state index contributed by atoms with van der Waals surface area (Å²) in [5.74, 6) is -0.385. The number of ether oxygens (including phenoxy) is 1. The molecule has 3 N–H and O–H groups in total. The van der Waals surface area contributed by atoms with Crippen LogP contribution in [0.1, 0.15) is 0 Å². The van der Waals surface area contributed by atoms with Crippen LogP contribution in [-0.4, -0.2) is 32.7 Å². The molecule has 0 aliphatic rings. The second-order valence-corrected chi connectivity index (χ2v) is 1.69. The Kier molecular flexibility index (Phi) is 8.40. The Hall–Kier alpha value is -0.320. The van der Waals surface area contributed by atoms with Crippen LogP contribution in [0.4, 0.5) is 0 Å². The summed E-state index contributed by atoms with van der Waals surface area (Å²) in [5, 5.41) is 2.76. The fourth-order valence-electron chi connectivity index (χ4n) is 0.455. The van der Waals surface area contributed by atoms with Crippen molar-refractivity contribution in [1.29, 1.82) is 0 Å². The Morgan fingerprint density at radius 3 is 2.60 bits per heavy atom. The first-order valence-electron chi connectivity index (χ1n) is 2.70. The van der Waals surface area contributed by atoms with Gasteiger partial charge in [0.05, 0.1) is 7.11 Å². The van der Waals surface area contributed by atoms with Gasteiger partial charge in [0.25, 0.3) is 0 Å². The number of carbonyl (C=O) groups excluding carboxylic acids is 1. The smallest absolute Gasteiger partial charge is 0.323 e. The molecule has 0 amide bonds. The summed E-state index contributed by atoms with van der Waals surface area (Å²) in [6.07, 6.45) is 0. The third kappa shape index (κ3) is 4.55. The van der Waals surface area contributed by atoms with E-state index in [9.17, 15) is 4.79 Å². The maximum atomic E-state index is 10.5. The molecule has 0 unspecified atom stereocenters. The minimum Gasteiger partial charge on any atom is -0.468 e. The van der Waals surface area contributed by atoms with Gasteiger partial charge in [-0.25, -0.2) is 0 Å². The van der Waals surface area contributed by atoms with Crippen molar-refractivity contribution in [2.24, 2.45) is 5.73 Å². The molecule has 0 rings (SSSR count). The third-order valence-corrected chi connectivity index (χ3v) is 0.928. The lowest BCUT2D eigenvalue weighted by Crippen LogP contribution is -2.39. The molecule has 10 heavy (non-hydrogen) atoms. The molecule has 62 valence electrons. The number of esters is 1. The Morgan fingerprint density at radius 1 is 1.80 bits per heavy atom. The third-order valence-electron chi connectivity index (χ3n) is 0.928. The molecule has 0 radical (unpaired) electrons. The van der Waals surface area contributed by atoms with Gasteiger partial charge in [-0.05, 0) is 7.05 Å². The van der Waals surface area contributed by atoms with E-state index in [1.165, 1.54) is 7.11 Å². The highest BCUT2D eigenvalue weighted by Crippen LogP contribution is 1.78. The molecule has 5 heteroatoms. The highest BCUT2D eigenvalue weighted by molar-refractivity contribution is 5.85. The van der Waals surface area contributed by atoms with Gasteiger partial charge < -0.3 is 15.8 Å². The van der Waals surface area contributed by atoms with Gasteiger partial charge in [-0.2, -0.15) is 0 Å². The fraction of sp³-hybridized carbons (Fsp3) is 0.800. The van der Waals surface area contributed by atoms with Crippen LogP contribution < -0.4 is 11.1 Å². The van der Waals surface area contributed by atoms with Gasteiger partial charge in [0, 0.05) is 6.54 Å². The standard InChI is InChI=1S/C5H12N2O2.ClH/c1-7-3-4(6)5(8)9-2;/h4,7H,3,6H2,1-2H3;1H/t4-;/m0./s1. The van der Waals surface area contributed by atoms with Gasteiger partial charge in [0.2, 0.25) is 0 Å². The van der Waals surface area contributed by atoms with Crippen LogP contribution >= 0.6 is 12.4 Å². The molecule has 4 nitrogen and oxygen atoms in total. The summed E-state index contributed by atoms with van der Waals surface area (Å²) in [6.45, 7) is 0.451. The maximum absolute atomic E-state index is 10.5. The lowest BCUT2D eigenvalue weighted by Gasteiger charge is -2.06. The van der Waals surface area contributed by atoms with Crippen molar-refractivity contribution in [3.63, 3.8) is 0 Å². The van der Waals surface area contributed by atoms with Crippen molar-refractivity contribution in [3.05, 3.63) is 0 Å². The molecular formula is C5H13ClN2O2. The fourth-order valence-corrected chi connectivity index (χ4v) is 0.455. The first kappa shape index (κ1) is 12.4. The SMILES string of the molecule is CNC[C@H](N)C(=O)OC.Cl. The lowest BCUT2D eigenvalue weighted by molar-refractivity contribution is -0.142. The number of nitrogens with two attached hydrogens (primary N) is 1. The van der Waals surface area contributed by atoms with Crippen LogP contribution in [0.15, 0.2) is 0 Å². The quantitative estimate of drug-likeness (QED) is 0.538. The molecule has 0 spiro atoms. The maximum Gasteiger partial charge on any atom is 0.323 e. The molecule has 0 saturated carbocycles. The molecule has 0 aromatic heterocycles. The molecule has 0 aromatic rings. The highest BCUT2D eigenvalue weighted by Gasteiger charge is 2.10. The van der Waals surface area contributed by atoms with E-state index in [0.29, 0.717) is 6.54 Å². The summed E-state index contributed by atoms with van der Waals surface area (Å²) >= 11 is 0. The first-order chi connectivity index (χ1) is 4.22. The van der Waals surface area contributed by atoms with E-state index >= 15 is 0 Å². The van der Waals surface area contributed by atoms with E-state index in [0.717, 1.165) is 0 Å². The number of methoxy groups -OCH3 is 1. The van der Waals surface area contributed by atoms with E-state index in [1.807, 2.05) is 0 Å². The van der Waals surface area contributed by atoms with E-state index in [1.54, 1.807) is 7.05 Å². The van der Waals surface area contributed by atoms with E-state index in [4.69, 9.17) is 5.73 Å². The monoisotopic (exact) mass is 168 g/mol. The van der Waals surface area contributed by atoms with Gasteiger partial charge in [0.15, 0.2) is 0 Å². The van der Waals surface area contributed by atoms with Crippen LogP contribution in [0, 0.1) is 0 Å². The van der Waals surface area contributed by atoms with Crippen molar-refractivity contribution in [3.8, 4) is 0 Å². The van der Waals surface area contributed by atoms with Crippen molar-refractivity contribution in [1.82, 2.24) is 5.32 Å². The number of hydrogen-bond acceptors (Lipinski definition) is 4. The Bertz CT molecular complexity index is 99.6. The molecule has 0 aliphatic heterocycles. The second-order valence-electron chi connectivity index (χ2n) is 1.69. The summed E-state index contributed by atoms with van der Waals surface area (Å²) in [7, 11) is 3.04. The van der Waals surface area contributed by atoms with Crippen molar-refractivity contribution >= 4 is 18.4 Å². The summed E-state index contributed by atoms with van der Waals surface area (Å²) in [5.41, 5.74) is 5.30. The summed E-state index contributed by atoms with van der Waals surface area (Å²) in [6, 6.07) is -0.542. The molecule has 0 aromatic carbocycles. The average Bonchev–Trinajstić information content (AvgIpc) is 1.87. The Labute approximate surface area is 66.5 Å². The number of nitrogens with one attached hydrogen (secondary N) is 1. The van der Waals surface area contributed by atoms with Gasteiger partial charge in [-0.1, -0.05) is 0 Å². The second kappa shape index (κ2) is 6.80. The van der Waals surface area contributed by atoms with Crippen molar-refractivity contribution < 1.29 is 9.53 Å². The van der Waals surface area contributed by atoms with Crippen molar-refractivity contribution in [2.45, 2.75) is 6.04 Å². The van der Waals surface area contributed by atoms with Crippen LogP contribution in [0.3, 0.4) is 0 Å². The predicted molar refractivity (Wildman–Crippen MR) is 41.2 cm³/mol. The zero-order valence-corrected chi connectivity index (χ0v) is 6.90. The van der Waals surface area contributed by atoms with Gasteiger partial charge >= 0.3 is 5.97 Å². The topological polar surface area (TPSA) is 64.3 Å². The first-order valence-corrected chi connectivity index (χ1v) is 2.70. The number of carbonyl (C=O) groups is 1. The normalized spacial score (nSPS) is 11.5. The van der Waals surface area contributed by atoms with Gasteiger partial charge in [0.1, 0.15) is 6.04 Å². The molecule has 1 atom stereocenters. The molecule has 0 saturated heterocycles. The minimum absolute atomic E-state index is 0. The predicted octanol–water partition coefficient (Wildman–Crippen LogP) is -0.872. The van der Waals surface area contributed by atoms with Crippen LogP contribution in [0.25, 0.3) is 0 Å². The largest absolute Gasteiger partial charge is 0.468 e. The molecule has 0 aliphatic carbocycles. The zero-order chi connectivity index (χ0) is 7.28. The van der Waals surface area contributed by atoms with E-state index < -0.39 is 6.04 Å².